The predicted molar refractivity (Wildman–Crippen MR) is 101 cm³/mol. The first-order chi connectivity index (χ1) is 12.0. The molecule has 0 aliphatic heterocycles. The standard InChI is InChI=1S/C18H16N2O3S2/c1-13(21)19-14-8-10-15(11-9-14)25(22,23)20-17-6-3-2-5-16(17)18-7-4-12-24-18/h2-12,20H,1H3,(H,19,21). The van der Waals surface area contributed by atoms with Gasteiger partial charge in [0.2, 0.25) is 5.91 Å². The van der Waals surface area contributed by atoms with Gasteiger partial charge in [-0.25, -0.2) is 8.42 Å². The molecular formula is C18H16N2O3S2. The molecule has 2 N–H and O–H groups in total. The number of carbonyl (C=O) groups is 1. The first-order valence-corrected chi connectivity index (χ1v) is 9.85. The smallest absolute Gasteiger partial charge is 0.261 e. The van der Waals surface area contributed by atoms with Gasteiger partial charge in [0.15, 0.2) is 0 Å². The van der Waals surface area contributed by atoms with Crippen molar-refractivity contribution in [3.8, 4) is 10.4 Å². The fourth-order valence-electron chi connectivity index (χ4n) is 2.34. The van der Waals surface area contributed by atoms with Crippen molar-refractivity contribution in [2.24, 2.45) is 0 Å². The summed E-state index contributed by atoms with van der Waals surface area (Å²) >= 11 is 1.54. The number of hydrogen-bond acceptors (Lipinski definition) is 4. The molecule has 128 valence electrons. The third kappa shape index (κ3) is 4.07. The second-order valence-corrected chi connectivity index (χ2v) is 7.96. The Morgan fingerprint density at radius 2 is 1.68 bits per heavy atom. The molecule has 7 heteroatoms. The van der Waals surface area contributed by atoms with Crippen molar-refractivity contribution in [2.45, 2.75) is 11.8 Å². The highest BCUT2D eigenvalue weighted by Crippen LogP contribution is 2.32. The maximum Gasteiger partial charge on any atom is 0.261 e. The molecule has 1 aromatic heterocycles. The summed E-state index contributed by atoms with van der Waals surface area (Å²) in [5.74, 6) is -0.210. The summed E-state index contributed by atoms with van der Waals surface area (Å²) in [6.07, 6.45) is 0. The summed E-state index contributed by atoms with van der Waals surface area (Å²) in [7, 11) is -3.73. The van der Waals surface area contributed by atoms with Crippen LogP contribution in [0, 0.1) is 0 Å². The number of hydrogen-bond donors (Lipinski definition) is 2. The normalized spacial score (nSPS) is 11.1. The number of carbonyl (C=O) groups excluding carboxylic acids is 1. The Bertz CT molecular complexity index is 979. The van der Waals surface area contributed by atoms with Crippen molar-refractivity contribution in [3.05, 3.63) is 66.0 Å². The molecule has 0 aliphatic rings. The fourth-order valence-corrected chi connectivity index (χ4v) is 4.19. The van der Waals surface area contributed by atoms with Crippen LogP contribution in [-0.4, -0.2) is 14.3 Å². The fraction of sp³-hybridized carbons (Fsp3) is 0.0556. The first kappa shape index (κ1) is 17.2. The number of sulfonamides is 1. The highest BCUT2D eigenvalue weighted by molar-refractivity contribution is 7.92. The van der Waals surface area contributed by atoms with Crippen molar-refractivity contribution < 1.29 is 13.2 Å². The van der Waals surface area contributed by atoms with Crippen LogP contribution >= 0.6 is 11.3 Å². The van der Waals surface area contributed by atoms with Gasteiger partial charge >= 0.3 is 0 Å². The lowest BCUT2D eigenvalue weighted by atomic mass is 10.1. The van der Waals surface area contributed by atoms with Gasteiger partial charge in [-0.15, -0.1) is 11.3 Å². The van der Waals surface area contributed by atoms with E-state index in [0.29, 0.717) is 11.4 Å². The minimum Gasteiger partial charge on any atom is -0.326 e. The highest BCUT2D eigenvalue weighted by atomic mass is 32.2. The minimum atomic E-state index is -3.73. The van der Waals surface area contributed by atoms with Crippen molar-refractivity contribution in [3.63, 3.8) is 0 Å². The molecule has 3 aromatic rings. The maximum absolute atomic E-state index is 12.7. The van der Waals surface area contributed by atoms with Crippen LogP contribution in [0.25, 0.3) is 10.4 Å². The molecule has 5 nitrogen and oxygen atoms in total. The van der Waals surface area contributed by atoms with E-state index in [1.54, 1.807) is 35.6 Å². The SMILES string of the molecule is CC(=O)Nc1ccc(S(=O)(=O)Nc2ccccc2-c2cccs2)cc1. The van der Waals surface area contributed by atoms with Gasteiger partial charge in [0.05, 0.1) is 10.6 Å². The third-order valence-electron chi connectivity index (χ3n) is 3.44. The molecule has 2 aromatic carbocycles. The van der Waals surface area contributed by atoms with Gasteiger partial charge in [0, 0.05) is 23.1 Å². The molecule has 1 amide bonds. The number of rotatable bonds is 5. The van der Waals surface area contributed by atoms with Crippen molar-refractivity contribution >= 4 is 38.6 Å². The Balaban J connectivity index is 1.89. The third-order valence-corrected chi connectivity index (χ3v) is 5.73. The Morgan fingerprint density at radius 3 is 2.32 bits per heavy atom. The van der Waals surface area contributed by atoms with Crippen LogP contribution in [0.5, 0.6) is 0 Å². The van der Waals surface area contributed by atoms with Crippen LogP contribution in [0.2, 0.25) is 0 Å². The second-order valence-electron chi connectivity index (χ2n) is 5.33. The molecule has 0 atom stereocenters. The predicted octanol–water partition coefficient (Wildman–Crippen LogP) is 4.17. The van der Waals surface area contributed by atoms with Crippen molar-refractivity contribution in [1.29, 1.82) is 0 Å². The van der Waals surface area contributed by atoms with Gasteiger partial charge in [0.1, 0.15) is 0 Å². The van der Waals surface area contributed by atoms with E-state index in [2.05, 4.69) is 10.0 Å². The van der Waals surface area contributed by atoms with E-state index in [4.69, 9.17) is 0 Å². The van der Waals surface area contributed by atoms with Crippen LogP contribution in [0.4, 0.5) is 11.4 Å². The summed E-state index contributed by atoms with van der Waals surface area (Å²) in [5.41, 5.74) is 1.90. The van der Waals surface area contributed by atoms with E-state index >= 15 is 0 Å². The summed E-state index contributed by atoms with van der Waals surface area (Å²) in [6, 6.07) is 17.2. The number of para-hydroxylation sites is 1. The Labute approximate surface area is 150 Å². The van der Waals surface area contributed by atoms with E-state index in [9.17, 15) is 13.2 Å². The zero-order valence-electron chi connectivity index (χ0n) is 13.4. The molecule has 0 saturated carbocycles. The average Bonchev–Trinajstić information content (AvgIpc) is 3.09. The Morgan fingerprint density at radius 1 is 0.960 bits per heavy atom. The summed E-state index contributed by atoms with van der Waals surface area (Å²) in [4.78, 5) is 12.2. The molecular weight excluding hydrogens is 356 g/mol. The summed E-state index contributed by atoms with van der Waals surface area (Å²) in [6.45, 7) is 1.40. The number of benzene rings is 2. The van der Waals surface area contributed by atoms with E-state index in [1.165, 1.54) is 19.1 Å². The molecule has 25 heavy (non-hydrogen) atoms. The van der Waals surface area contributed by atoms with Crippen LogP contribution in [0.3, 0.4) is 0 Å². The quantitative estimate of drug-likeness (QED) is 0.706. The molecule has 0 bridgehead atoms. The first-order valence-electron chi connectivity index (χ1n) is 7.49. The van der Waals surface area contributed by atoms with Crippen LogP contribution in [-0.2, 0) is 14.8 Å². The second kappa shape index (κ2) is 7.08. The molecule has 0 aliphatic carbocycles. The lowest BCUT2D eigenvalue weighted by Crippen LogP contribution is -2.14. The van der Waals surface area contributed by atoms with Gasteiger partial charge in [-0.1, -0.05) is 24.3 Å². The Kier molecular flexibility index (Phi) is 4.87. The number of anilines is 2. The van der Waals surface area contributed by atoms with Crippen molar-refractivity contribution in [1.82, 2.24) is 0 Å². The minimum absolute atomic E-state index is 0.127. The lowest BCUT2D eigenvalue weighted by Gasteiger charge is -2.12. The Hall–Kier alpha value is -2.64. The van der Waals surface area contributed by atoms with Gasteiger partial charge < -0.3 is 5.32 Å². The van der Waals surface area contributed by atoms with E-state index < -0.39 is 10.0 Å². The molecule has 0 spiro atoms. The van der Waals surface area contributed by atoms with Gasteiger partial charge in [0.25, 0.3) is 10.0 Å². The largest absolute Gasteiger partial charge is 0.326 e. The molecule has 0 unspecified atom stereocenters. The average molecular weight is 372 g/mol. The number of amides is 1. The molecule has 1 heterocycles. The molecule has 0 fully saturated rings. The van der Waals surface area contributed by atoms with Crippen LogP contribution in [0.1, 0.15) is 6.92 Å². The van der Waals surface area contributed by atoms with Crippen LogP contribution < -0.4 is 10.0 Å². The van der Waals surface area contributed by atoms with Crippen LogP contribution in [0.15, 0.2) is 70.9 Å². The van der Waals surface area contributed by atoms with Gasteiger partial charge in [-0.3, -0.25) is 9.52 Å². The van der Waals surface area contributed by atoms with E-state index in [-0.39, 0.29) is 10.8 Å². The van der Waals surface area contributed by atoms with E-state index in [1.807, 2.05) is 29.6 Å². The van der Waals surface area contributed by atoms with E-state index in [0.717, 1.165) is 10.4 Å². The lowest BCUT2D eigenvalue weighted by molar-refractivity contribution is -0.114. The molecule has 3 rings (SSSR count). The number of nitrogens with one attached hydrogen (secondary N) is 2. The van der Waals surface area contributed by atoms with Gasteiger partial charge in [-0.05, 0) is 41.8 Å². The zero-order valence-corrected chi connectivity index (χ0v) is 15.0. The number of thiophene rings is 1. The monoisotopic (exact) mass is 372 g/mol. The highest BCUT2D eigenvalue weighted by Gasteiger charge is 2.16. The topological polar surface area (TPSA) is 75.3 Å². The molecule has 0 saturated heterocycles. The van der Waals surface area contributed by atoms with Crippen molar-refractivity contribution in [2.75, 3.05) is 10.0 Å². The zero-order chi connectivity index (χ0) is 17.9. The van der Waals surface area contributed by atoms with Gasteiger partial charge in [-0.2, -0.15) is 0 Å². The summed E-state index contributed by atoms with van der Waals surface area (Å²) in [5, 5.41) is 4.55. The molecule has 0 radical (unpaired) electrons. The maximum atomic E-state index is 12.7. The summed E-state index contributed by atoms with van der Waals surface area (Å²) < 4.78 is 28.0.